The highest BCUT2D eigenvalue weighted by molar-refractivity contribution is 5.70. The molecule has 0 bridgehead atoms. The highest BCUT2D eigenvalue weighted by Crippen LogP contribution is 2.27. The van der Waals surface area contributed by atoms with Gasteiger partial charge in [-0.25, -0.2) is 0 Å². The van der Waals surface area contributed by atoms with Crippen LogP contribution in [0.25, 0.3) is 11.5 Å². The Kier molecular flexibility index (Phi) is 2.64. The molecule has 1 aromatic carbocycles. The van der Waals surface area contributed by atoms with Crippen LogP contribution in [0.5, 0.6) is 0 Å². The molecule has 0 radical (unpaired) electrons. The average Bonchev–Trinajstić information content (AvgIpc) is 2.70. The number of hydrogen-bond acceptors (Lipinski definition) is 4. The Bertz CT molecular complexity index is 503. The lowest BCUT2D eigenvalue weighted by molar-refractivity contribution is 0.481. The van der Waals surface area contributed by atoms with Crippen molar-refractivity contribution in [2.75, 3.05) is 5.73 Å². The number of anilines is 1. The number of aromatic nitrogens is 2. The molecular weight excluding hydrogens is 202 g/mol. The van der Waals surface area contributed by atoms with Crippen LogP contribution in [-0.2, 0) is 0 Å². The molecule has 2 aromatic rings. The number of rotatable bonds is 2. The van der Waals surface area contributed by atoms with Gasteiger partial charge in [0.2, 0.25) is 11.8 Å². The molecule has 0 saturated heterocycles. The van der Waals surface area contributed by atoms with Crippen molar-refractivity contribution in [2.24, 2.45) is 0 Å². The molecule has 0 aliphatic rings. The van der Waals surface area contributed by atoms with Crippen LogP contribution >= 0.6 is 0 Å². The number of nitrogen functional groups attached to an aromatic ring is 1. The molecule has 2 rings (SSSR count). The molecule has 1 heterocycles. The van der Waals surface area contributed by atoms with Gasteiger partial charge in [0.25, 0.3) is 0 Å². The lowest BCUT2D eigenvalue weighted by atomic mass is 10.1. The Balaban J connectivity index is 2.46. The van der Waals surface area contributed by atoms with Crippen LogP contribution in [0.1, 0.15) is 31.2 Å². The predicted molar refractivity (Wildman–Crippen MR) is 63.0 cm³/mol. The van der Waals surface area contributed by atoms with E-state index in [-0.39, 0.29) is 5.92 Å². The van der Waals surface area contributed by atoms with Crippen LogP contribution < -0.4 is 5.73 Å². The van der Waals surface area contributed by atoms with Crippen LogP contribution in [-0.4, -0.2) is 10.2 Å². The Morgan fingerprint density at radius 1 is 1.25 bits per heavy atom. The van der Waals surface area contributed by atoms with E-state index >= 15 is 0 Å². The second kappa shape index (κ2) is 3.96. The first-order valence-corrected chi connectivity index (χ1v) is 5.28. The summed E-state index contributed by atoms with van der Waals surface area (Å²) >= 11 is 0. The zero-order chi connectivity index (χ0) is 11.7. The first-order valence-electron chi connectivity index (χ1n) is 5.28. The second-order valence-electron chi connectivity index (χ2n) is 4.19. The van der Waals surface area contributed by atoms with Crippen molar-refractivity contribution in [3.63, 3.8) is 0 Å². The van der Waals surface area contributed by atoms with Crippen molar-refractivity contribution in [3.8, 4) is 11.5 Å². The number of aryl methyl sites for hydroxylation is 1. The van der Waals surface area contributed by atoms with Gasteiger partial charge in [-0.15, -0.1) is 10.2 Å². The van der Waals surface area contributed by atoms with Crippen molar-refractivity contribution in [3.05, 3.63) is 29.7 Å². The minimum atomic E-state index is 0.229. The van der Waals surface area contributed by atoms with Gasteiger partial charge in [0.15, 0.2) is 0 Å². The molecule has 4 nitrogen and oxygen atoms in total. The summed E-state index contributed by atoms with van der Waals surface area (Å²) in [6.07, 6.45) is 0. The Hall–Kier alpha value is -1.84. The smallest absolute Gasteiger partial charge is 0.249 e. The van der Waals surface area contributed by atoms with Crippen molar-refractivity contribution in [1.82, 2.24) is 10.2 Å². The van der Waals surface area contributed by atoms with E-state index in [2.05, 4.69) is 10.2 Å². The summed E-state index contributed by atoms with van der Waals surface area (Å²) in [5.74, 6) is 1.35. The molecule has 0 saturated carbocycles. The molecule has 0 atom stereocenters. The third-order valence-corrected chi connectivity index (χ3v) is 2.37. The fourth-order valence-corrected chi connectivity index (χ4v) is 1.43. The standard InChI is InChI=1S/C12H15N3O/c1-7(2)11-14-15-12(16-11)9-6-8(3)4-5-10(9)13/h4-7H,13H2,1-3H3. The Morgan fingerprint density at radius 2 is 2.00 bits per heavy atom. The van der Waals surface area contributed by atoms with Gasteiger partial charge in [-0.2, -0.15) is 0 Å². The quantitative estimate of drug-likeness (QED) is 0.785. The predicted octanol–water partition coefficient (Wildman–Crippen LogP) is 2.75. The van der Waals surface area contributed by atoms with Crippen LogP contribution in [0.15, 0.2) is 22.6 Å². The van der Waals surface area contributed by atoms with Gasteiger partial charge < -0.3 is 10.2 Å². The maximum absolute atomic E-state index is 5.88. The molecule has 0 spiro atoms. The molecule has 4 heteroatoms. The minimum absolute atomic E-state index is 0.229. The van der Waals surface area contributed by atoms with E-state index in [0.717, 1.165) is 11.1 Å². The molecule has 0 amide bonds. The van der Waals surface area contributed by atoms with Gasteiger partial charge in [-0.05, 0) is 19.1 Å². The summed E-state index contributed by atoms with van der Waals surface area (Å²) in [6.45, 7) is 6.02. The molecule has 0 unspecified atom stereocenters. The summed E-state index contributed by atoms with van der Waals surface area (Å²) in [6, 6.07) is 5.76. The zero-order valence-corrected chi connectivity index (χ0v) is 9.69. The molecule has 16 heavy (non-hydrogen) atoms. The normalized spacial score (nSPS) is 11.0. The van der Waals surface area contributed by atoms with Gasteiger partial charge in [0, 0.05) is 11.6 Å². The zero-order valence-electron chi connectivity index (χ0n) is 9.69. The first kappa shape index (κ1) is 10.7. The summed E-state index contributed by atoms with van der Waals surface area (Å²) in [7, 11) is 0. The number of benzene rings is 1. The molecular formula is C12H15N3O. The maximum atomic E-state index is 5.88. The number of nitrogens with zero attached hydrogens (tertiary/aromatic N) is 2. The average molecular weight is 217 g/mol. The van der Waals surface area contributed by atoms with Crippen LogP contribution in [0, 0.1) is 6.92 Å². The fraction of sp³-hybridized carbons (Fsp3) is 0.333. The second-order valence-corrected chi connectivity index (χ2v) is 4.19. The minimum Gasteiger partial charge on any atom is -0.420 e. The third kappa shape index (κ3) is 1.91. The molecule has 0 aliphatic heterocycles. The van der Waals surface area contributed by atoms with Crippen LogP contribution in [0.3, 0.4) is 0 Å². The highest BCUT2D eigenvalue weighted by atomic mass is 16.4. The molecule has 2 N–H and O–H groups in total. The molecule has 0 aliphatic carbocycles. The summed E-state index contributed by atoms with van der Waals surface area (Å²) in [5, 5.41) is 8.00. The molecule has 84 valence electrons. The van der Waals surface area contributed by atoms with E-state index in [1.807, 2.05) is 39.0 Å². The molecule has 0 fully saturated rings. The summed E-state index contributed by atoms with van der Waals surface area (Å²) in [5.41, 5.74) is 8.46. The van der Waals surface area contributed by atoms with E-state index in [9.17, 15) is 0 Å². The van der Waals surface area contributed by atoms with Crippen molar-refractivity contribution in [1.29, 1.82) is 0 Å². The maximum Gasteiger partial charge on any atom is 0.249 e. The lowest BCUT2D eigenvalue weighted by Crippen LogP contribution is -1.90. The third-order valence-electron chi connectivity index (χ3n) is 2.37. The topological polar surface area (TPSA) is 64.9 Å². The van der Waals surface area contributed by atoms with E-state index in [1.165, 1.54) is 0 Å². The van der Waals surface area contributed by atoms with Gasteiger partial charge >= 0.3 is 0 Å². The Morgan fingerprint density at radius 3 is 2.62 bits per heavy atom. The molecule has 1 aromatic heterocycles. The van der Waals surface area contributed by atoms with E-state index in [1.54, 1.807) is 0 Å². The van der Waals surface area contributed by atoms with Gasteiger partial charge in [-0.3, -0.25) is 0 Å². The van der Waals surface area contributed by atoms with Crippen molar-refractivity contribution >= 4 is 5.69 Å². The number of hydrogen-bond donors (Lipinski definition) is 1. The van der Waals surface area contributed by atoms with Gasteiger partial charge in [0.05, 0.1) is 5.56 Å². The van der Waals surface area contributed by atoms with Crippen molar-refractivity contribution < 1.29 is 4.42 Å². The highest BCUT2D eigenvalue weighted by Gasteiger charge is 2.13. The Labute approximate surface area is 94.5 Å². The fourth-order valence-electron chi connectivity index (χ4n) is 1.43. The van der Waals surface area contributed by atoms with Gasteiger partial charge in [0.1, 0.15) is 0 Å². The summed E-state index contributed by atoms with van der Waals surface area (Å²) < 4.78 is 5.56. The van der Waals surface area contributed by atoms with Crippen LogP contribution in [0.2, 0.25) is 0 Å². The largest absolute Gasteiger partial charge is 0.420 e. The van der Waals surface area contributed by atoms with Crippen molar-refractivity contribution in [2.45, 2.75) is 26.7 Å². The monoisotopic (exact) mass is 217 g/mol. The SMILES string of the molecule is Cc1ccc(N)c(-c2nnc(C(C)C)o2)c1. The first-order chi connectivity index (χ1) is 7.58. The van der Waals surface area contributed by atoms with E-state index < -0.39 is 0 Å². The van der Waals surface area contributed by atoms with Crippen LogP contribution in [0.4, 0.5) is 5.69 Å². The summed E-state index contributed by atoms with van der Waals surface area (Å²) in [4.78, 5) is 0. The van der Waals surface area contributed by atoms with Gasteiger partial charge in [-0.1, -0.05) is 25.5 Å². The van der Waals surface area contributed by atoms with E-state index in [4.69, 9.17) is 10.2 Å². The lowest BCUT2D eigenvalue weighted by Gasteiger charge is -2.02. The van der Waals surface area contributed by atoms with E-state index in [0.29, 0.717) is 17.5 Å². The number of nitrogens with two attached hydrogens (primary N) is 1.